The molecule has 2 rings (SSSR count). The van der Waals surface area contributed by atoms with Gasteiger partial charge in [0.1, 0.15) is 6.10 Å². The van der Waals surface area contributed by atoms with Crippen molar-refractivity contribution in [1.82, 2.24) is 5.48 Å². The molecule has 1 aromatic rings. The first-order chi connectivity index (χ1) is 9.00. The van der Waals surface area contributed by atoms with E-state index in [9.17, 15) is 13.2 Å². The van der Waals surface area contributed by atoms with Gasteiger partial charge in [0.2, 0.25) is 0 Å². The zero-order valence-corrected chi connectivity index (χ0v) is 10.4. The summed E-state index contributed by atoms with van der Waals surface area (Å²) in [4.78, 5) is 8.91. The summed E-state index contributed by atoms with van der Waals surface area (Å²) >= 11 is 4.44. The van der Waals surface area contributed by atoms with Crippen molar-refractivity contribution in [2.75, 3.05) is 6.54 Å². The molecule has 0 radical (unpaired) electrons. The van der Waals surface area contributed by atoms with E-state index in [-0.39, 0.29) is 6.10 Å². The molecule has 1 atom stereocenters. The second kappa shape index (κ2) is 5.52. The van der Waals surface area contributed by atoms with Crippen LogP contribution in [-0.2, 0) is 11.0 Å². The molecular formula is C12H9F3N2OS. The van der Waals surface area contributed by atoms with E-state index in [1.54, 1.807) is 6.08 Å². The molecule has 1 N–H and O–H groups in total. The topological polar surface area (TPSA) is 33.6 Å². The third-order valence-electron chi connectivity index (χ3n) is 2.53. The minimum atomic E-state index is -4.33. The number of nitrogens with one attached hydrogen (secondary N) is 1. The van der Waals surface area contributed by atoms with E-state index in [1.165, 1.54) is 12.1 Å². The number of isothiocyanates is 1. The van der Waals surface area contributed by atoms with Gasteiger partial charge in [-0.2, -0.15) is 13.2 Å². The Bertz CT molecular complexity index is 533. The zero-order chi connectivity index (χ0) is 13.9. The average molecular weight is 286 g/mol. The maximum atomic E-state index is 12.4. The van der Waals surface area contributed by atoms with Gasteiger partial charge in [-0.25, -0.2) is 4.99 Å². The van der Waals surface area contributed by atoms with Crippen molar-refractivity contribution in [3.63, 3.8) is 0 Å². The van der Waals surface area contributed by atoms with Crippen LogP contribution in [0.15, 0.2) is 35.3 Å². The summed E-state index contributed by atoms with van der Waals surface area (Å²) in [5, 5.41) is 2.22. The molecule has 0 fully saturated rings. The summed E-state index contributed by atoms with van der Waals surface area (Å²) < 4.78 is 37.2. The first kappa shape index (κ1) is 13.7. The number of benzene rings is 1. The minimum Gasteiger partial charge on any atom is -0.267 e. The summed E-state index contributed by atoms with van der Waals surface area (Å²) in [5.74, 6) is 0. The number of halogens is 3. The van der Waals surface area contributed by atoms with Crippen LogP contribution in [0.5, 0.6) is 0 Å². The fraction of sp³-hybridized carbons (Fsp3) is 0.250. The summed E-state index contributed by atoms with van der Waals surface area (Å²) in [6, 6.07) is 4.83. The van der Waals surface area contributed by atoms with Crippen molar-refractivity contribution in [3.05, 3.63) is 41.5 Å². The second-order valence-electron chi connectivity index (χ2n) is 3.85. The first-order valence-corrected chi connectivity index (χ1v) is 5.76. The SMILES string of the molecule is FC(F)(F)c1ccc(C2=CC(CN=C=S)ON2)cc1. The van der Waals surface area contributed by atoms with E-state index in [2.05, 4.69) is 27.9 Å². The molecule has 19 heavy (non-hydrogen) atoms. The van der Waals surface area contributed by atoms with E-state index in [4.69, 9.17) is 4.84 Å². The number of hydrogen-bond donors (Lipinski definition) is 1. The van der Waals surface area contributed by atoms with E-state index in [1.807, 2.05) is 0 Å². The fourth-order valence-electron chi connectivity index (χ4n) is 1.60. The van der Waals surface area contributed by atoms with Crippen molar-refractivity contribution in [2.24, 2.45) is 4.99 Å². The predicted octanol–water partition coefficient (Wildman–Crippen LogP) is 3.05. The molecule has 0 aromatic heterocycles. The molecule has 100 valence electrons. The van der Waals surface area contributed by atoms with E-state index in [0.717, 1.165) is 12.1 Å². The summed E-state index contributed by atoms with van der Waals surface area (Å²) in [6.45, 7) is 0.320. The van der Waals surface area contributed by atoms with E-state index < -0.39 is 11.7 Å². The largest absolute Gasteiger partial charge is 0.416 e. The predicted molar refractivity (Wildman–Crippen MR) is 67.3 cm³/mol. The van der Waals surface area contributed by atoms with Crippen LogP contribution in [0, 0.1) is 0 Å². The molecule has 0 amide bonds. The van der Waals surface area contributed by atoms with Gasteiger partial charge in [0.25, 0.3) is 0 Å². The van der Waals surface area contributed by atoms with Gasteiger partial charge in [-0.1, -0.05) is 12.1 Å². The Morgan fingerprint density at radius 1 is 1.32 bits per heavy atom. The number of thiocarbonyl (C=S) groups is 1. The quantitative estimate of drug-likeness (QED) is 0.685. The third-order valence-corrected chi connectivity index (χ3v) is 2.66. The van der Waals surface area contributed by atoms with Gasteiger partial charge in [-0.15, -0.1) is 0 Å². The monoisotopic (exact) mass is 286 g/mol. The second-order valence-corrected chi connectivity index (χ2v) is 4.03. The van der Waals surface area contributed by atoms with Gasteiger partial charge in [0, 0.05) is 0 Å². The van der Waals surface area contributed by atoms with Crippen LogP contribution in [0.25, 0.3) is 5.70 Å². The highest BCUT2D eigenvalue weighted by Crippen LogP contribution is 2.30. The van der Waals surface area contributed by atoms with E-state index in [0.29, 0.717) is 17.8 Å². The molecular weight excluding hydrogens is 277 g/mol. The number of rotatable bonds is 3. The Morgan fingerprint density at radius 2 is 2.00 bits per heavy atom. The lowest BCUT2D eigenvalue weighted by atomic mass is 10.1. The third kappa shape index (κ3) is 3.41. The standard InChI is InChI=1S/C12H9F3N2OS/c13-12(14,15)9-3-1-8(2-4-9)11-5-10(18-17-11)6-16-7-19/h1-5,10,17H,6H2. The van der Waals surface area contributed by atoms with E-state index >= 15 is 0 Å². The lowest BCUT2D eigenvalue weighted by molar-refractivity contribution is -0.137. The fourth-order valence-corrected chi connectivity index (χ4v) is 1.68. The van der Waals surface area contributed by atoms with Gasteiger partial charge >= 0.3 is 6.18 Å². The van der Waals surface area contributed by atoms with Gasteiger partial charge in [0.05, 0.1) is 23.0 Å². The molecule has 3 nitrogen and oxygen atoms in total. The summed E-state index contributed by atoms with van der Waals surface area (Å²) in [6.07, 6.45) is -2.89. The Labute approximate surface area is 112 Å². The highest BCUT2D eigenvalue weighted by atomic mass is 32.1. The summed E-state index contributed by atoms with van der Waals surface area (Å²) in [5.41, 5.74) is 3.19. The lowest BCUT2D eigenvalue weighted by Crippen LogP contribution is -2.14. The number of alkyl halides is 3. The van der Waals surface area contributed by atoms with Crippen molar-refractivity contribution in [1.29, 1.82) is 0 Å². The minimum absolute atomic E-state index is 0.298. The van der Waals surface area contributed by atoms with Crippen LogP contribution in [0.1, 0.15) is 11.1 Å². The van der Waals surface area contributed by atoms with Gasteiger partial charge in [-0.05, 0) is 36.0 Å². The normalized spacial score (nSPS) is 18.5. The number of aliphatic imine (C=N–C) groups is 1. The smallest absolute Gasteiger partial charge is 0.267 e. The molecule has 0 bridgehead atoms. The molecule has 1 unspecified atom stereocenters. The Kier molecular flexibility index (Phi) is 3.99. The Hall–Kier alpha value is -1.69. The van der Waals surface area contributed by atoms with Crippen LogP contribution < -0.4 is 5.48 Å². The van der Waals surface area contributed by atoms with Crippen molar-refractivity contribution >= 4 is 23.1 Å². The zero-order valence-electron chi connectivity index (χ0n) is 9.57. The molecule has 1 aromatic carbocycles. The van der Waals surface area contributed by atoms with Crippen molar-refractivity contribution in [2.45, 2.75) is 12.3 Å². The Balaban J connectivity index is 2.13. The number of hydrogen-bond acceptors (Lipinski definition) is 4. The molecule has 1 aliphatic heterocycles. The highest BCUT2D eigenvalue weighted by molar-refractivity contribution is 7.78. The number of hydroxylamine groups is 1. The van der Waals surface area contributed by atoms with Crippen LogP contribution in [-0.4, -0.2) is 17.8 Å². The molecule has 0 spiro atoms. The molecule has 0 saturated heterocycles. The maximum Gasteiger partial charge on any atom is 0.416 e. The molecule has 7 heteroatoms. The maximum absolute atomic E-state index is 12.4. The van der Waals surface area contributed by atoms with Crippen LogP contribution in [0.2, 0.25) is 0 Å². The van der Waals surface area contributed by atoms with Crippen LogP contribution in [0.4, 0.5) is 13.2 Å². The molecule has 0 saturated carbocycles. The summed E-state index contributed by atoms with van der Waals surface area (Å²) in [7, 11) is 0. The highest BCUT2D eigenvalue weighted by Gasteiger charge is 2.30. The van der Waals surface area contributed by atoms with Gasteiger partial charge in [0.15, 0.2) is 0 Å². The average Bonchev–Trinajstić information content (AvgIpc) is 2.84. The number of nitrogens with zero attached hydrogens (tertiary/aromatic N) is 1. The first-order valence-electron chi connectivity index (χ1n) is 5.35. The molecule has 0 aliphatic carbocycles. The van der Waals surface area contributed by atoms with Gasteiger partial charge in [-0.3, -0.25) is 10.3 Å². The molecule has 1 heterocycles. The Morgan fingerprint density at radius 3 is 2.58 bits per heavy atom. The molecule has 1 aliphatic rings. The van der Waals surface area contributed by atoms with Crippen molar-refractivity contribution < 1.29 is 18.0 Å². The van der Waals surface area contributed by atoms with Crippen LogP contribution in [0.3, 0.4) is 0 Å². The van der Waals surface area contributed by atoms with Crippen LogP contribution >= 0.6 is 12.2 Å². The van der Waals surface area contributed by atoms with Gasteiger partial charge < -0.3 is 0 Å². The lowest BCUT2D eigenvalue weighted by Gasteiger charge is -2.08. The van der Waals surface area contributed by atoms with Crippen molar-refractivity contribution in [3.8, 4) is 0 Å².